The molecule has 0 spiro atoms. The van der Waals surface area contributed by atoms with E-state index in [4.69, 9.17) is 0 Å². The van der Waals surface area contributed by atoms with Gasteiger partial charge in [0.05, 0.1) is 4.92 Å². The van der Waals surface area contributed by atoms with Crippen molar-refractivity contribution in [2.24, 2.45) is 5.92 Å². The van der Waals surface area contributed by atoms with E-state index in [1.54, 1.807) is 39.1 Å². The summed E-state index contributed by atoms with van der Waals surface area (Å²) in [6, 6.07) is 6.21. The predicted molar refractivity (Wildman–Crippen MR) is 61.3 cm³/mol. The second-order valence-electron chi connectivity index (χ2n) is 3.80. The summed E-state index contributed by atoms with van der Waals surface area (Å²) in [5, 5.41) is 10.8. The molecule has 0 saturated heterocycles. The molecule has 16 heavy (non-hydrogen) atoms. The molecular formula is C11H14N2O3. The summed E-state index contributed by atoms with van der Waals surface area (Å²) < 4.78 is 0. The lowest BCUT2D eigenvalue weighted by Crippen LogP contribution is -2.30. The summed E-state index contributed by atoms with van der Waals surface area (Å²) in [4.78, 5) is 23.3. The van der Waals surface area contributed by atoms with Crippen LogP contribution in [0, 0.1) is 16.0 Å². The average molecular weight is 222 g/mol. The first kappa shape index (κ1) is 12.2. The predicted octanol–water partition coefficient (Wildman–Crippen LogP) is 2.21. The lowest BCUT2D eigenvalue weighted by Gasteiger charge is -2.19. The van der Waals surface area contributed by atoms with E-state index in [0.29, 0.717) is 5.69 Å². The Labute approximate surface area is 93.8 Å². The van der Waals surface area contributed by atoms with Gasteiger partial charge in [0.25, 0.3) is 5.69 Å². The molecule has 0 atom stereocenters. The quantitative estimate of drug-likeness (QED) is 0.581. The van der Waals surface area contributed by atoms with E-state index in [-0.39, 0.29) is 17.5 Å². The summed E-state index contributed by atoms with van der Waals surface area (Å²) in [7, 11) is 1.55. The van der Waals surface area contributed by atoms with Crippen molar-refractivity contribution in [2.45, 2.75) is 13.8 Å². The van der Waals surface area contributed by atoms with Gasteiger partial charge in [0.1, 0.15) is 5.69 Å². The fourth-order valence-electron chi connectivity index (χ4n) is 1.41. The molecular weight excluding hydrogens is 208 g/mol. The number of hydrogen-bond donors (Lipinski definition) is 0. The van der Waals surface area contributed by atoms with Gasteiger partial charge in [-0.3, -0.25) is 14.9 Å². The maximum Gasteiger partial charge on any atom is 0.292 e. The maximum atomic E-state index is 11.7. The minimum Gasteiger partial charge on any atom is -0.309 e. The zero-order valence-corrected chi connectivity index (χ0v) is 9.51. The van der Waals surface area contributed by atoms with Crippen molar-refractivity contribution in [3.63, 3.8) is 0 Å². The monoisotopic (exact) mass is 222 g/mol. The van der Waals surface area contributed by atoms with E-state index in [1.165, 1.54) is 11.0 Å². The SMILES string of the molecule is CC(C)C(=O)N(C)c1ccccc1[N+](=O)[O-]. The first-order valence-electron chi connectivity index (χ1n) is 4.96. The number of nitrogens with zero attached hydrogens (tertiary/aromatic N) is 2. The second kappa shape index (κ2) is 4.74. The number of carbonyl (C=O) groups is 1. The zero-order valence-electron chi connectivity index (χ0n) is 9.51. The number of hydrogen-bond acceptors (Lipinski definition) is 3. The van der Waals surface area contributed by atoms with Crippen LogP contribution in [0.5, 0.6) is 0 Å². The summed E-state index contributed by atoms with van der Waals surface area (Å²) in [5.41, 5.74) is 0.269. The molecule has 5 heteroatoms. The minimum atomic E-state index is -0.487. The Balaban J connectivity index is 3.13. The number of carbonyl (C=O) groups excluding carboxylic acids is 1. The molecule has 5 nitrogen and oxygen atoms in total. The highest BCUT2D eigenvalue weighted by Gasteiger charge is 2.21. The van der Waals surface area contributed by atoms with Crippen LogP contribution in [-0.4, -0.2) is 17.9 Å². The number of rotatable bonds is 3. The number of nitro groups is 1. The molecule has 1 amide bonds. The number of benzene rings is 1. The van der Waals surface area contributed by atoms with Crippen LogP contribution in [0.15, 0.2) is 24.3 Å². The molecule has 86 valence electrons. The molecule has 0 aliphatic carbocycles. The van der Waals surface area contributed by atoms with Gasteiger partial charge >= 0.3 is 0 Å². The van der Waals surface area contributed by atoms with E-state index in [1.807, 2.05) is 0 Å². The van der Waals surface area contributed by atoms with Gasteiger partial charge in [0.15, 0.2) is 0 Å². The molecule has 0 aliphatic heterocycles. The highest BCUT2D eigenvalue weighted by molar-refractivity contribution is 5.96. The number of para-hydroxylation sites is 2. The van der Waals surface area contributed by atoms with E-state index in [0.717, 1.165) is 0 Å². The topological polar surface area (TPSA) is 63.5 Å². The Hall–Kier alpha value is -1.91. The van der Waals surface area contributed by atoms with Crippen molar-refractivity contribution < 1.29 is 9.72 Å². The molecule has 0 N–H and O–H groups in total. The van der Waals surface area contributed by atoms with Crippen molar-refractivity contribution in [2.75, 3.05) is 11.9 Å². The van der Waals surface area contributed by atoms with Crippen molar-refractivity contribution in [3.8, 4) is 0 Å². The summed E-state index contributed by atoms with van der Waals surface area (Å²) in [6.07, 6.45) is 0. The maximum absolute atomic E-state index is 11.7. The fourth-order valence-corrected chi connectivity index (χ4v) is 1.41. The molecule has 0 aromatic heterocycles. The Morgan fingerprint density at radius 3 is 2.44 bits per heavy atom. The van der Waals surface area contributed by atoms with Gasteiger partial charge in [-0.25, -0.2) is 0 Å². The highest BCUT2D eigenvalue weighted by Crippen LogP contribution is 2.27. The molecule has 0 unspecified atom stereocenters. The molecule has 1 rings (SSSR count). The average Bonchev–Trinajstić information content (AvgIpc) is 2.26. The molecule has 0 aliphatic rings. The molecule has 1 aromatic carbocycles. The zero-order chi connectivity index (χ0) is 12.3. The third kappa shape index (κ3) is 2.36. The Morgan fingerprint density at radius 1 is 1.38 bits per heavy atom. The molecule has 0 saturated carbocycles. The Bertz CT molecular complexity index is 415. The number of amides is 1. The van der Waals surface area contributed by atoms with E-state index in [2.05, 4.69) is 0 Å². The van der Waals surface area contributed by atoms with Gasteiger partial charge < -0.3 is 4.90 Å². The first-order chi connectivity index (χ1) is 7.45. The molecule has 0 heterocycles. The lowest BCUT2D eigenvalue weighted by molar-refractivity contribution is -0.384. The van der Waals surface area contributed by atoms with E-state index < -0.39 is 4.92 Å². The van der Waals surface area contributed by atoms with Crippen LogP contribution in [-0.2, 0) is 4.79 Å². The molecule has 0 radical (unpaired) electrons. The van der Waals surface area contributed by atoms with Gasteiger partial charge in [0.2, 0.25) is 5.91 Å². The van der Waals surface area contributed by atoms with Crippen LogP contribution in [0.4, 0.5) is 11.4 Å². The standard InChI is InChI=1S/C11H14N2O3/c1-8(2)11(14)12(3)9-6-4-5-7-10(9)13(15)16/h4-8H,1-3H3. The van der Waals surface area contributed by atoms with Crippen molar-refractivity contribution >= 4 is 17.3 Å². The third-order valence-corrected chi connectivity index (χ3v) is 2.26. The van der Waals surface area contributed by atoms with Gasteiger partial charge in [-0.05, 0) is 6.07 Å². The third-order valence-electron chi connectivity index (χ3n) is 2.26. The van der Waals surface area contributed by atoms with E-state index >= 15 is 0 Å². The van der Waals surface area contributed by atoms with Gasteiger partial charge in [-0.1, -0.05) is 26.0 Å². The first-order valence-corrected chi connectivity index (χ1v) is 4.96. The number of nitro benzene ring substituents is 1. The molecule has 1 aromatic rings. The molecule has 0 bridgehead atoms. The second-order valence-corrected chi connectivity index (χ2v) is 3.80. The molecule has 0 fully saturated rings. The van der Waals surface area contributed by atoms with Crippen LogP contribution in [0.3, 0.4) is 0 Å². The fraction of sp³-hybridized carbons (Fsp3) is 0.364. The highest BCUT2D eigenvalue weighted by atomic mass is 16.6. The normalized spacial score (nSPS) is 10.2. The Morgan fingerprint density at radius 2 is 1.94 bits per heavy atom. The van der Waals surface area contributed by atoms with Crippen molar-refractivity contribution in [1.82, 2.24) is 0 Å². The van der Waals surface area contributed by atoms with Crippen LogP contribution >= 0.6 is 0 Å². The van der Waals surface area contributed by atoms with Crippen molar-refractivity contribution in [3.05, 3.63) is 34.4 Å². The lowest BCUT2D eigenvalue weighted by atomic mass is 10.1. The Kier molecular flexibility index (Phi) is 3.60. The summed E-state index contributed by atoms with van der Waals surface area (Å²) in [6.45, 7) is 3.52. The number of anilines is 1. The van der Waals surface area contributed by atoms with Crippen LogP contribution in [0.25, 0.3) is 0 Å². The largest absolute Gasteiger partial charge is 0.309 e. The van der Waals surface area contributed by atoms with Crippen molar-refractivity contribution in [1.29, 1.82) is 0 Å². The summed E-state index contributed by atoms with van der Waals surface area (Å²) >= 11 is 0. The van der Waals surface area contributed by atoms with E-state index in [9.17, 15) is 14.9 Å². The van der Waals surface area contributed by atoms with Crippen LogP contribution in [0.1, 0.15) is 13.8 Å². The smallest absolute Gasteiger partial charge is 0.292 e. The minimum absolute atomic E-state index is 0.0565. The summed E-state index contributed by atoms with van der Waals surface area (Å²) in [5.74, 6) is -0.334. The van der Waals surface area contributed by atoms with Gasteiger partial charge in [-0.2, -0.15) is 0 Å². The van der Waals surface area contributed by atoms with Crippen LogP contribution in [0.2, 0.25) is 0 Å². The van der Waals surface area contributed by atoms with Gasteiger partial charge in [0, 0.05) is 19.0 Å². The van der Waals surface area contributed by atoms with Gasteiger partial charge in [-0.15, -0.1) is 0 Å². The van der Waals surface area contributed by atoms with Crippen LogP contribution < -0.4 is 4.90 Å².